The fraction of sp³-hybridized carbons (Fsp3) is 0.889. The van der Waals surface area contributed by atoms with Crippen LogP contribution < -0.4 is 4.72 Å². The Labute approximate surface area is 96.1 Å². The zero-order chi connectivity index (χ0) is 12.3. The molecular weight excluding hydrogens is 232 g/mol. The van der Waals surface area contributed by atoms with Gasteiger partial charge in [0.2, 0.25) is 0 Å². The van der Waals surface area contributed by atoms with Crippen LogP contribution in [-0.4, -0.2) is 45.4 Å². The standard InChI is InChI=1S/C9H18N2O4S/c1-7-6-8(7)10-16(13,14)11(2)5-4-9(12)15-3/h7-8,10H,4-6H2,1-3H3. The summed E-state index contributed by atoms with van der Waals surface area (Å²) in [6.07, 6.45) is 0.943. The minimum Gasteiger partial charge on any atom is -0.469 e. The molecule has 1 rings (SSSR count). The van der Waals surface area contributed by atoms with Crippen LogP contribution in [0.25, 0.3) is 0 Å². The highest BCUT2D eigenvalue weighted by atomic mass is 32.2. The van der Waals surface area contributed by atoms with Crippen LogP contribution in [0.5, 0.6) is 0 Å². The number of hydrogen-bond acceptors (Lipinski definition) is 4. The van der Waals surface area contributed by atoms with E-state index < -0.39 is 16.2 Å². The summed E-state index contributed by atoms with van der Waals surface area (Å²) in [5.41, 5.74) is 0. The number of methoxy groups -OCH3 is 1. The van der Waals surface area contributed by atoms with Crippen LogP contribution in [0.3, 0.4) is 0 Å². The fourth-order valence-corrected chi connectivity index (χ4v) is 2.46. The predicted octanol–water partition coefficient (Wildman–Crippen LogP) is -0.276. The van der Waals surface area contributed by atoms with Gasteiger partial charge < -0.3 is 4.74 Å². The number of ether oxygens (including phenoxy) is 1. The molecule has 6 nitrogen and oxygen atoms in total. The van der Waals surface area contributed by atoms with Crippen molar-refractivity contribution in [2.75, 3.05) is 20.7 Å². The maximum atomic E-state index is 11.7. The Hall–Kier alpha value is -0.660. The van der Waals surface area contributed by atoms with Crippen molar-refractivity contribution in [3.05, 3.63) is 0 Å². The lowest BCUT2D eigenvalue weighted by Gasteiger charge is -2.16. The van der Waals surface area contributed by atoms with E-state index >= 15 is 0 Å². The number of rotatable bonds is 6. The number of nitrogens with zero attached hydrogens (tertiary/aromatic N) is 1. The van der Waals surface area contributed by atoms with Crippen molar-refractivity contribution in [3.63, 3.8) is 0 Å². The minimum atomic E-state index is -3.46. The molecule has 1 N–H and O–H groups in total. The molecule has 0 radical (unpaired) electrons. The molecule has 2 atom stereocenters. The Morgan fingerprint density at radius 3 is 2.56 bits per heavy atom. The SMILES string of the molecule is COC(=O)CCN(C)S(=O)(=O)NC1CC1C. The molecule has 0 saturated heterocycles. The summed E-state index contributed by atoms with van der Waals surface area (Å²) < 4.78 is 31.5. The highest BCUT2D eigenvalue weighted by Gasteiger charge is 2.37. The monoisotopic (exact) mass is 250 g/mol. The molecule has 0 amide bonds. The van der Waals surface area contributed by atoms with Gasteiger partial charge in [0, 0.05) is 19.6 Å². The van der Waals surface area contributed by atoms with Crippen LogP contribution in [0.1, 0.15) is 19.8 Å². The average molecular weight is 250 g/mol. The summed E-state index contributed by atoms with van der Waals surface area (Å²) in [4.78, 5) is 10.9. The first kappa shape index (κ1) is 13.4. The number of nitrogens with one attached hydrogen (secondary N) is 1. The Bertz CT molecular complexity index is 355. The van der Waals surface area contributed by atoms with Crippen LogP contribution in [-0.2, 0) is 19.7 Å². The Morgan fingerprint density at radius 2 is 2.12 bits per heavy atom. The summed E-state index contributed by atoms with van der Waals surface area (Å²) in [6.45, 7) is 2.12. The van der Waals surface area contributed by atoms with E-state index in [4.69, 9.17) is 0 Å². The van der Waals surface area contributed by atoms with E-state index in [0.29, 0.717) is 5.92 Å². The van der Waals surface area contributed by atoms with Crippen molar-refractivity contribution < 1.29 is 17.9 Å². The highest BCUT2D eigenvalue weighted by molar-refractivity contribution is 7.87. The van der Waals surface area contributed by atoms with Gasteiger partial charge in [-0.2, -0.15) is 17.4 Å². The molecule has 0 heterocycles. The first-order chi connectivity index (χ1) is 7.36. The van der Waals surface area contributed by atoms with E-state index in [1.807, 2.05) is 6.92 Å². The zero-order valence-electron chi connectivity index (χ0n) is 9.76. The lowest BCUT2D eigenvalue weighted by molar-refractivity contribution is -0.140. The first-order valence-corrected chi connectivity index (χ1v) is 6.61. The smallest absolute Gasteiger partial charge is 0.306 e. The van der Waals surface area contributed by atoms with Crippen LogP contribution in [0.2, 0.25) is 0 Å². The number of esters is 1. The van der Waals surface area contributed by atoms with Crippen molar-refractivity contribution in [2.24, 2.45) is 5.92 Å². The first-order valence-electron chi connectivity index (χ1n) is 5.17. The molecular formula is C9H18N2O4S. The van der Waals surface area contributed by atoms with Crippen molar-refractivity contribution in [2.45, 2.75) is 25.8 Å². The van der Waals surface area contributed by atoms with E-state index in [9.17, 15) is 13.2 Å². The summed E-state index contributed by atoms with van der Waals surface area (Å²) >= 11 is 0. The third-order valence-electron chi connectivity index (χ3n) is 2.68. The fourth-order valence-electron chi connectivity index (χ4n) is 1.24. The van der Waals surface area contributed by atoms with Crippen molar-refractivity contribution in [1.29, 1.82) is 0 Å². The zero-order valence-corrected chi connectivity index (χ0v) is 10.6. The summed E-state index contributed by atoms with van der Waals surface area (Å²) in [7, 11) is -0.737. The number of carbonyl (C=O) groups excluding carboxylic acids is 1. The van der Waals surface area contributed by atoms with E-state index in [2.05, 4.69) is 9.46 Å². The molecule has 0 spiro atoms. The maximum absolute atomic E-state index is 11.7. The van der Waals surface area contributed by atoms with Gasteiger partial charge >= 0.3 is 5.97 Å². The number of hydrogen-bond donors (Lipinski definition) is 1. The van der Waals surface area contributed by atoms with Gasteiger partial charge in [0.15, 0.2) is 0 Å². The second-order valence-corrected chi connectivity index (χ2v) is 5.90. The van der Waals surface area contributed by atoms with Crippen LogP contribution in [0, 0.1) is 5.92 Å². The van der Waals surface area contributed by atoms with Crippen LogP contribution in [0.15, 0.2) is 0 Å². The van der Waals surface area contributed by atoms with E-state index in [1.165, 1.54) is 14.2 Å². The molecule has 1 saturated carbocycles. The molecule has 94 valence electrons. The van der Waals surface area contributed by atoms with Gasteiger partial charge in [0.05, 0.1) is 13.5 Å². The van der Waals surface area contributed by atoms with E-state index in [-0.39, 0.29) is 19.0 Å². The van der Waals surface area contributed by atoms with Gasteiger partial charge in [-0.15, -0.1) is 0 Å². The molecule has 1 fully saturated rings. The van der Waals surface area contributed by atoms with Gasteiger partial charge in [0.1, 0.15) is 0 Å². The topological polar surface area (TPSA) is 75.7 Å². The van der Waals surface area contributed by atoms with Crippen molar-refractivity contribution in [1.82, 2.24) is 9.03 Å². The number of carbonyl (C=O) groups is 1. The molecule has 0 aromatic rings. The molecule has 2 unspecified atom stereocenters. The quantitative estimate of drug-likeness (QED) is 0.658. The predicted molar refractivity (Wildman–Crippen MR) is 58.9 cm³/mol. The van der Waals surface area contributed by atoms with E-state index in [0.717, 1.165) is 10.7 Å². The Balaban J connectivity index is 2.39. The molecule has 7 heteroatoms. The third kappa shape index (κ3) is 3.73. The molecule has 0 bridgehead atoms. The van der Waals surface area contributed by atoms with Crippen LogP contribution in [0.4, 0.5) is 0 Å². The molecule has 0 aromatic heterocycles. The largest absolute Gasteiger partial charge is 0.469 e. The summed E-state index contributed by atoms with van der Waals surface area (Å²) in [6, 6.07) is 0.0468. The highest BCUT2D eigenvalue weighted by Crippen LogP contribution is 2.29. The Kier molecular flexibility index (Phi) is 4.28. The molecule has 0 aromatic carbocycles. The average Bonchev–Trinajstić information content (AvgIpc) is 2.88. The van der Waals surface area contributed by atoms with Crippen LogP contribution >= 0.6 is 0 Å². The van der Waals surface area contributed by atoms with Gasteiger partial charge in [-0.05, 0) is 12.3 Å². The van der Waals surface area contributed by atoms with E-state index in [1.54, 1.807) is 0 Å². The summed E-state index contributed by atoms with van der Waals surface area (Å²) in [5, 5.41) is 0. The van der Waals surface area contributed by atoms with Crippen molar-refractivity contribution in [3.8, 4) is 0 Å². The minimum absolute atomic E-state index is 0.0468. The lowest BCUT2D eigenvalue weighted by Crippen LogP contribution is -2.40. The van der Waals surface area contributed by atoms with Gasteiger partial charge in [0.25, 0.3) is 10.2 Å². The van der Waals surface area contributed by atoms with Crippen molar-refractivity contribution >= 4 is 16.2 Å². The Morgan fingerprint density at radius 1 is 1.56 bits per heavy atom. The second kappa shape index (κ2) is 5.11. The molecule has 1 aliphatic carbocycles. The van der Waals surface area contributed by atoms with Gasteiger partial charge in [-0.1, -0.05) is 6.92 Å². The normalized spacial score (nSPS) is 24.5. The third-order valence-corrected chi connectivity index (χ3v) is 4.28. The molecule has 16 heavy (non-hydrogen) atoms. The summed E-state index contributed by atoms with van der Waals surface area (Å²) in [5.74, 6) is -0.00868. The lowest BCUT2D eigenvalue weighted by atomic mass is 10.4. The molecule has 0 aliphatic heterocycles. The second-order valence-electron chi connectivity index (χ2n) is 4.09. The molecule has 1 aliphatic rings. The van der Waals surface area contributed by atoms with Gasteiger partial charge in [-0.3, -0.25) is 4.79 Å². The maximum Gasteiger partial charge on any atom is 0.306 e. The van der Waals surface area contributed by atoms with Gasteiger partial charge in [-0.25, -0.2) is 0 Å².